The second kappa shape index (κ2) is 13.5. The highest BCUT2D eigenvalue weighted by Gasteiger charge is 2.11. The largest absolute Gasteiger partial charge is 0.456 e. The molecule has 0 spiro atoms. The molecule has 0 radical (unpaired) electrons. The minimum atomic E-state index is -0.279. The predicted octanol–water partition coefficient (Wildman–Crippen LogP) is 9.41. The summed E-state index contributed by atoms with van der Waals surface area (Å²) in [6.07, 6.45) is 0. The third-order valence-electron chi connectivity index (χ3n) is 6.14. The van der Waals surface area contributed by atoms with Gasteiger partial charge in [-0.1, -0.05) is 130 Å². The normalized spacial score (nSPS) is 10.3. The lowest BCUT2D eigenvalue weighted by molar-refractivity contribution is 0.486. The maximum atomic E-state index is 13.3. The van der Waals surface area contributed by atoms with Crippen LogP contribution in [0.2, 0.25) is 0 Å². The Balaban J connectivity index is 0.000000207. The molecule has 0 atom stereocenters. The lowest BCUT2D eigenvalue weighted by Gasteiger charge is -2.14. The molecule has 0 fully saturated rings. The Kier molecular flexibility index (Phi) is 9.09. The van der Waals surface area contributed by atoms with Crippen LogP contribution in [0.25, 0.3) is 22.3 Å². The zero-order chi connectivity index (χ0) is 27.6. The summed E-state index contributed by atoms with van der Waals surface area (Å²) in [5.74, 6) is 0.773. The standard InChI is InChI=1S/C24H16F2O.C12H11P/c25-19-13-9-17(10-14-19)21-5-1-3-7-23(21)27-24-8-4-2-6-22(24)18-11-15-20(26)16-12-18;1-3-7-11(8-4-1)13-12-9-5-2-6-10-12/h1-16H;1-10,13H. The van der Waals surface area contributed by atoms with Gasteiger partial charge in [0.15, 0.2) is 0 Å². The van der Waals surface area contributed by atoms with Gasteiger partial charge in [0.25, 0.3) is 0 Å². The van der Waals surface area contributed by atoms with Gasteiger partial charge in [0.1, 0.15) is 23.1 Å². The molecule has 0 aliphatic carbocycles. The molecule has 0 heterocycles. The third kappa shape index (κ3) is 7.28. The van der Waals surface area contributed by atoms with Crippen molar-refractivity contribution < 1.29 is 13.5 Å². The predicted molar refractivity (Wildman–Crippen MR) is 164 cm³/mol. The van der Waals surface area contributed by atoms with Crippen LogP contribution in [0.4, 0.5) is 8.78 Å². The smallest absolute Gasteiger partial charge is 0.135 e. The van der Waals surface area contributed by atoms with Crippen molar-refractivity contribution >= 4 is 19.2 Å². The number of hydrogen-bond acceptors (Lipinski definition) is 1. The molecular weight excluding hydrogens is 517 g/mol. The Bertz CT molecular complexity index is 1510. The first kappa shape index (κ1) is 27.0. The van der Waals surface area contributed by atoms with Crippen LogP contribution in [0, 0.1) is 11.6 Å². The molecule has 40 heavy (non-hydrogen) atoms. The van der Waals surface area contributed by atoms with Crippen LogP contribution < -0.4 is 15.3 Å². The molecule has 0 unspecified atom stereocenters. The average Bonchev–Trinajstić information content (AvgIpc) is 3.00. The highest BCUT2D eigenvalue weighted by Crippen LogP contribution is 2.37. The fourth-order valence-corrected chi connectivity index (χ4v) is 5.23. The van der Waals surface area contributed by atoms with Crippen LogP contribution in [0.1, 0.15) is 0 Å². The quantitative estimate of drug-likeness (QED) is 0.190. The van der Waals surface area contributed by atoms with E-state index < -0.39 is 0 Å². The molecular formula is C36H27F2OP. The molecule has 6 aromatic carbocycles. The van der Waals surface area contributed by atoms with Crippen molar-refractivity contribution in [3.8, 4) is 33.8 Å². The topological polar surface area (TPSA) is 9.23 Å². The van der Waals surface area contributed by atoms with Crippen molar-refractivity contribution in [2.75, 3.05) is 0 Å². The summed E-state index contributed by atoms with van der Waals surface area (Å²) in [4.78, 5) is 0. The van der Waals surface area contributed by atoms with Gasteiger partial charge >= 0.3 is 0 Å². The second-order valence-electron chi connectivity index (χ2n) is 8.97. The molecule has 0 N–H and O–H groups in total. The molecule has 6 aromatic rings. The number of para-hydroxylation sites is 2. The zero-order valence-electron chi connectivity index (χ0n) is 21.7. The monoisotopic (exact) mass is 544 g/mol. The fourth-order valence-electron chi connectivity index (χ4n) is 4.18. The summed E-state index contributed by atoms with van der Waals surface area (Å²) in [5, 5.41) is 2.79. The SMILES string of the molecule is Fc1ccc(-c2ccccc2Oc2ccccc2-c2ccc(F)cc2)cc1.c1ccc(Pc2ccccc2)cc1. The van der Waals surface area contributed by atoms with Gasteiger partial charge in [-0.3, -0.25) is 0 Å². The lowest BCUT2D eigenvalue weighted by Crippen LogP contribution is -2.01. The Morgan fingerprint density at radius 1 is 0.375 bits per heavy atom. The Labute approximate surface area is 235 Å². The van der Waals surface area contributed by atoms with E-state index >= 15 is 0 Å². The molecule has 0 aromatic heterocycles. The molecule has 0 amide bonds. The van der Waals surface area contributed by atoms with Gasteiger partial charge in [0, 0.05) is 11.1 Å². The molecule has 196 valence electrons. The van der Waals surface area contributed by atoms with Crippen LogP contribution in [-0.4, -0.2) is 0 Å². The minimum Gasteiger partial charge on any atom is -0.456 e. The second-order valence-corrected chi connectivity index (χ2v) is 10.4. The van der Waals surface area contributed by atoms with E-state index in [0.717, 1.165) is 30.8 Å². The van der Waals surface area contributed by atoms with Crippen molar-refractivity contribution in [1.29, 1.82) is 0 Å². The maximum Gasteiger partial charge on any atom is 0.135 e. The van der Waals surface area contributed by atoms with Crippen LogP contribution in [0.5, 0.6) is 11.5 Å². The summed E-state index contributed by atoms with van der Waals surface area (Å²) < 4.78 is 32.7. The summed E-state index contributed by atoms with van der Waals surface area (Å²) in [7, 11) is 0.777. The maximum absolute atomic E-state index is 13.3. The van der Waals surface area contributed by atoms with Gasteiger partial charge in [-0.05, 0) is 58.1 Å². The van der Waals surface area contributed by atoms with E-state index in [2.05, 4.69) is 60.7 Å². The van der Waals surface area contributed by atoms with E-state index in [1.165, 1.54) is 34.9 Å². The van der Waals surface area contributed by atoms with E-state index in [1.54, 1.807) is 24.3 Å². The van der Waals surface area contributed by atoms with Crippen LogP contribution in [0.15, 0.2) is 158 Å². The highest BCUT2D eigenvalue weighted by molar-refractivity contribution is 7.55. The van der Waals surface area contributed by atoms with E-state index in [1.807, 2.05) is 48.5 Å². The molecule has 0 aliphatic heterocycles. The number of halogens is 2. The molecule has 6 rings (SSSR count). The highest BCUT2D eigenvalue weighted by atomic mass is 31.1. The molecule has 0 bridgehead atoms. The fraction of sp³-hybridized carbons (Fsp3) is 0. The van der Waals surface area contributed by atoms with Crippen molar-refractivity contribution in [1.82, 2.24) is 0 Å². The zero-order valence-corrected chi connectivity index (χ0v) is 22.7. The van der Waals surface area contributed by atoms with E-state index in [9.17, 15) is 8.78 Å². The first-order chi connectivity index (χ1) is 19.7. The molecule has 1 nitrogen and oxygen atoms in total. The van der Waals surface area contributed by atoms with Crippen molar-refractivity contribution in [2.45, 2.75) is 0 Å². The van der Waals surface area contributed by atoms with E-state index in [-0.39, 0.29) is 11.6 Å². The van der Waals surface area contributed by atoms with Gasteiger partial charge in [-0.15, -0.1) is 0 Å². The molecule has 4 heteroatoms. The first-order valence-corrected chi connectivity index (χ1v) is 13.9. The molecule has 0 aliphatic rings. The van der Waals surface area contributed by atoms with Crippen LogP contribution >= 0.6 is 8.58 Å². The molecule has 0 saturated carbocycles. The lowest BCUT2D eigenvalue weighted by atomic mass is 10.0. The van der Waals surface area contributed by atoms with Crippen molar-refractivity contribution in [3.05, 3.63) is 169 Å². The summed E-state index contributed by atoms with van der Waals surface area (Å²) in [6.45, 7) is 0. The third-order valence-corrected chi connectivity index (χ3v) is 7.38. The van der Waals surface area contributed by atoms with Gasteiger partial charge in [-0.2, -0.15) is 0 Å². The summed E-state index contributed by atoms with van der Waals surface area (Å²) in [6, 6.07) is 49.0. The minimum absolute atomic E-state index is 0.279. The van der Waals surface area contributed by atoms with Crippen LogP contribution in [0.3, 0.4) is 0 Å². The summed E-state index contributed by atoms with van der Waals surface area (Å²) >= 11 is 0. The first-order valence-electron chi connectivity index (χ1n) is 12.9. The Hall–Kier alpha value is -4.59. The summed E-state index contributed by atoms with van der Waals surface area (Å²) in [5.41, 5.74) is 3.47. The van der Waals surface area contributed by atoms with Gasteiger partial charge in [-0.25, -0.2) is 8.78 Å². The number of rotatable bonds is 6. The molecule has 0 saturated heterocycles. The van der Waals surface area contributed by atoms with Crippen molar-refractivity contribution in [3.63, 3.8) is 0 Å². The Morgan fingerprint density at radius 2 is 0.725 bits per heavy atom. The number of benzene rings is 6. The van der Waals surface area contributed by atoms with Gasteiger partial charge in [0.05, 0.1) is 0 Å². The average molecular weight is 545 g/mol. The van der Waals surface area contributed by atoms with E-state index in [4.69, 9.17) is 4.74 Å². The van der Waals surface area contributed by atoms with E-state index in [0.29, 0.717) is 11.5 Å². The Morgan fingerprint density at radius 3 is 1.12 bits per heavy atom. The van der Waals surface area contributed by atoms with Crippen molar-refractivity contribution in [2.24, 2.45) is 0 Å². The number of hydrogen-bond donors (Lipinski definition) is 0. The van der Waals surface area contributed by atoms with Crippen LogP contribution in [-0.2, 0) is 0 Å². The number of ether oxygens (including phenoxy) is 1. The van der Waals surface area contributed by atoms with Gasteiger partial charge < -0.3 is 4.74 Å². The van der Waals surface area contributed by atoms with Gasteiger partial charge in [0.2, 0.25) is 0 Å².